The zero-order valence-electron chi connectivity index (χ0n) is 27.1. The van der Waals surface area contributed by atoms with Gasteiger partial charge in [0.15, 0.2) is 5.76 Å². The van der Waals surface area contributed by atoms with E-state index in [1.54, 1.807) is 0 Å². The van der Waals surface area contributed by atoms with E-state index in [2.05, 4.69) is 157 Å². The molecule has 0 amide bonds. The third-order valence-electron chi connectivity index (χ3n) is 9.85. The fraction of sp³-hybridized carbons (Fsp3) is 0. The smallest absolute Gasteiger partial charge is 0.227 e. The first-order chi connectivity index (χ1) is 24.8. The Balaban J connectivity index is 1.10. The molecule has 3 nitrogen and oxygen atoms in total. The lowest BCUT2D eigenvalue weighted by Gasteiger charge is -2.27. The van der Waals surface area contributed by atoms with Gasteiger partial charge in [0.2, 0.25) is 5.89 Å². The van der Waals surface area contributed by atoms with Gasteiger partial charge in [-0.3, -0.25) is 0 Å². The van der Waals surface area contributed by atoms with Crippen molar-refractivity contribution in [1.82, 2.24) is 4.98 Å². The highest BCUT2D eigenvalue weighted by Crippen LogP contribution is 2.52. The van der Waals surface area contributed by atoms with Gasteiger partial charge in [-0.05, 0) is 87.6 Å². The van der Waals surface area contributed by atoms with Crippen molar-refractivity contribution in [3.8, 4) is 56.3 Å². The summed E-state index contributed by atoms with van der Waals surface area (Å²) >= 11 is 0. The lowest BCUT2D eigenvalue weighted by molar-refractivity contribution is 0.590. The molecule has 0 saturated carbocycles. The van der Waals surface area contributed by atoms with E-state index in [0.29, 0.717) is 5.89 Å². The maximum atomic E-state index is 6.47. The number of hydrogen-bond donors (Lipinski definition) is 0. The van der Waals surface area contributed by atoms with Crippen LogP contribution in [0.2, 0.25) is 0 Å². The van der Waals surface area contributed by atoms with Crippen LogP contribution >= 0.6 is 0 Å². The van der Waals surface area contributed by atoms with Crippen LogP contribution in [0.1, 0.15) is 0 Å². The Hall–Kier alpha value is -6.71. The Kier molecular flexibility index (Phi) is 6.49. The number of rotatable bonds is 6. The maximum absolute atomic E-state index is 6.47. The monoisotopic (exact) mass is 638 g/mol. The van der Waals surface area contributed by atoms with Gasteiger partial charge in [0.1, 0.15) is 5.69 Å². The second-order valence-corrected chi connectivity index (χ2v) is 12.8. The fourth-order valence-electron chi connectivity index (χ4n) is 7.39. The van der Waals surface area contributed by atoms with Gasteiger partial charge in [0.25, 0.3) is 0 Å². The van der Waals surface area contributed by atoms with E-state index >= 15 is 0 Å². The van der Waals surface area contributed by atoms with Crippen molar-refractivity contribution in [2.45, 2.75) is 0 Å². The number of anilines is 3. The van der Waals surface area contributed by atoms with E-state index in [-0.39, 0.29) is 0 Å². The van der Waals surface area contributed by atoms with E-state index in [4.69, 9.17) is 9.40 Å². The van der Waals surface area contributed by atoms with E-state index < -0.39 is 0 Å². The van der Waals surface area contributed by atoms with Gasteiger partial charge < -0.3 is 9.32 Å². The average molecular weight is 639 g/mol. The summed E-state index contributed by atoms with van der Waals surface area (Å²) in [4.78, 5) is 7.37. The van der Waals surface area contributed by atoms with Crippen LogP contribution in [0.4, 0.5) is 17.1 Å². The molecule has 1 heterocycles. The number of aromatic nitrogens is 1. The Bertz CT molecular complexity index is 2650. The minimum atomic E-state index is 0.647. The van der Waals surface area contributed by atoms with Crippen LogP contribution in [-0.2, 0) is 0 Å². The molecule has 0 fully saturated rings. The highest BCUT2D eigenvalue weighted by atomic mass is 16.4. The minimum Gasteiger partial charge on any atom is -0.435 e. The Morgan fingerprint density at radius 3 is 1.74 bits per heavy atom. The summed E-state index contributed by atoms with van der Waals surface area (Å²) in [6, 6.07) is 64.6. The van der Waals surface area contributed by atoms with Crippen molar-refractivity contribution in [3.05, 3.63) is 182 Å². The van der Waals surface area contributed by atoms with Crippen molar-refractivity contribution in [2.24, 2.45) is 0 Å². The van der Waals surface area contributed by atoms with Crippen LogP contribution < -0.4 is 4.90 Å². The quantitative estimate of drug-likeness (QED) is 0.181. The van der Waals surface area contributed by atoms with Gasteiger partial charge in [-0.25, -0.2) is 4.98 Å². The summed E-state index contributed by atoms with van der Waals surface area (Å²) in [5, 5.41) is 4.81. The number of nitrogens with zero attached hydrogens (tertiary/aromatic N) is 2. The van der Waals surface area contributed by atoms with Crippen LogP contribution in [-0.4, -0.2) is 4.98 Å². The molecule has 8 aromatic carbocycles. The molecule has 1 aliphatic rings. The second kappa shape index (κ2) is 11.5. The number of benzene rings is 8. The molecule has 0 bridgehead atoms. The third-order valence-corrected chi connectivity index (χ3v) is 9.85. The molecular formula is C47H30N2O. The maximum Gasteiger partial charge on any atom is 0.227 e. The lowest BCUT2D eigenvalue weighted by atomic mass is 9.99. The van der Waals surface area contributed by atoms with Gasteiger partial charge in [-0.15, -0.1) is 0 Å². The molecule has 0 spiro atoms. The van der Waals surface area contributed by atoms with Crippen molar-refractivity contribution in [2.75, 3.05) is 4.90 Å². The molecule has 10 rings (SSSR count). The van der Waals surface area contributed by atoms with Gasteiger partial charge >= 0.3 is 0 Å². The van der Waals surface area contributed by atoms with Crippen molar-refractivity contribution in [3.63, 3.8) is 0 Å². The highest BCUT2D eigenvalue weighted by molar-refractivity contribution is 6.17. The molecule has 1 aliphatic carbocycles. The van der Waals surface area contributed by atoms with Crippen LogP contribution in [0.5, 0.6) is 0 Å². The molecule has 0 N–H and O–H groups in total. The van der Waals surface area contributed by atoms with Crippen molar-refractivity contribution in [1.29, 1.82) is 0 Å². The summed E-state index contributed by atoms with van der Waals surface area (Å²) in [5.74, 6) is 1.48. The molecule has 0 saturated heterocycles. The number of oxazole rings is 1. The molecule has 3 heteroatoms. The average Bonchev–Trinajstić information content (AvgIpc) is 3.76. The van der Waals surface area contributed by atoms with Gasteiger partial charge in [-0.2, -0.15) is 0 Å². The molecule has 0 radical (unpaired) electrons. The number of fused-ring (bicyclic) bond motifs is 4. The molecule has 1 aromatic heterocycles. The van der Waals surface area contributed by atoms with Crippen LogP contribution in [0, 0.1) is 0 Å². The minimum absolute atomic E-state index is 0.647. The van der Waals surface area contributed by atoms with E-state index in [9.17, 15) is 0 Å². The van der Waals surface area contributed by atoms with Crippen molar-refractivity contribution >= 4 is 38.6 Å². The fourth-order valence-corrected chi connectivity index (χ4v) is 7.39. The molecule has 0 unspecified atom stereocenters. The summed E-state index contributed by atoms with van der Waals surface area (Å²) in [5.41, 5.74) is 12.1. The van der Waals surface area contributed by atoms with E-state index in [1.807, 2.05) is 30.3 Å². The Morgan fingerprint density at radius 1 is 0.420 bits per heavy atom. The molecule has 9 aromatic rings. The predicted octanol–water partition coefficient (Wildman–Crippen LogP) is 13.1. The first-order valence-electron chi connectivity index (χ1n) is 17.0. The van der Waals surface area contributed by atoms with Gasteiger partial charge in [0, 0.05) is 38.8 Å². The normalized spacial score (nSPS) is 11.6. The summed E-state index contributed by atoms with van der Waals surface area (Å²) in [6.07, 6.45) is 0. The Morgan fingerprint density at radius 2 is 1.02 bits per heavy atom. The predicted molar refractivity (Wildman–Crippen MR) is 207 cm³/mol. The molecule has 234 valence electrons. The Labute approximate surface area is 290 Å². The third kappa shape index (κ3) is 4.63. The SMILES string of the molecule is c1ccc(-c2ccc(N(c3ccc(-c4ccc5ccccc5c4)cc3)c3ccc4c5c(cccc35)-c3nc(-c5ccccc5)oc3-4)cc2)cc1. The standard InChI is InChI=1S/C47H30N2O/c1-3-10-31(11-4-1)33-20-24-38(25-21-33)49(39-26-22-34(23-27-39)37-19-18-32-12-7-8-15-36(32)30-37)43-29-28-42-44-40(43)16-9-17-41(44)45-46(42)50-47(48-45)35-13-5-2-6-14-35/h1-30H. The zero-order valence-corrected chi connectivity index (χ0v) is 27.1. The van der Waals surface area contributed by atoms with Crippen LogP contribution in [0.25, 0.3) is 77.8 Å². The van der Waals surface area contributed by atoms with Gasteiger partial charge in [-0.1, -0.05) is 127 Å². The molecule has 0 aliphatic heterocycles. The summed E-state index contributed by atoms with van der Waals surface area (Å²) < 4.78 is 6.47. The number of hydrogen-bond acceptors (Lipinski definition) is 3. The van der Waals surface area contributed by atoms with E-state index in [0.717, 1.165) is 50.6 Å². The van der Waals surface area contributed by atoms with Crippen LogP contribution in [0.15, 0.2) is 186 Å². The zero-order chi connectivity index (χ0) is 33.0. The summed E-state index contributed by atoms with van der Waals surface area (Å²) in [7, 11) is 0. The van der Waals surface area contributed by atoms with E-state index in [1.165, 1.54) is 38.4 Å². The first kappa shape index (κ1) is 28.3. The van der Waals surface area contributed by atoms with Crippen LogP contribution in [0.3, 0.4) is 0 Å². The first-order valence-corrected chi connectivity index (χ1v) is 17.0. The van der Waals surface area contributed by atoms with Crippen molar-refractivity contribution < 1.29 is 4.42 Å². The summed E-state index contributed by atoms with van der Waals surface area (Å²) in [6.45, 7) is 0. The second-order valence-electron chi connectivity index (χ2n) is 12.8. The molecule has 50 heavy (non-hydrogen) atoms. The topological polar surface area (TPSA) is 29.3 Å². The lowest BCUT2D eigenvalue weighted by Crippen LogP contribution is -2.10. The van der Waals surface area contributed by atoms with Gasteiger partial charge in [0.05, 0.1) is 5.69 Å². The molecular weight excluding hydrogens is 609 g/mol. The highest BCUT2D eigenvalue weighted by Gasteiger charge is 2.30. The largest absolute Gasteiger partial charge is 0.435 e. The molecule has 0 atom stereocenters.